The number of aryl methyl sites for hydroxylation is 3. The van der Waals surface area contributed by atoms with Gasteiger partial charge >= 0.3 is 0 Å². The second-order valence-electron chi connectivity index (χ2n) is 6.36. The first-order chi connectivity index (χ1) is 12.7. The maximum atomic E-state index is 12.3. The summed E-state index contributed by atoms with van der Waals surface area (Å²) < 4.78 is 28.1. The smallest absolute Gasteiger partial charge is 0.240 e. The largest absolute Gasteiger partial charge is 0.326 e. The zero-order chi connectivity index (χ0) is 19.6. The maximum absolute atomic E-state index is 12.3. The highest BCUT2D eigenvalue weighted by molar-refractivity contribution is 7.89. The predicted molar refractivity (Wildman–Crippen MR) is 109 cm³/mol. The van der Waals surface area contributed by atoms with Gasteiger partial charge in [0.15, 0.2) is 0 Å². The first-order valence-corrected chi connectivity index (χ1v) is 10.8. The zero-order valence-electron chi connectivity index (χ0n) is 15.4. The van der Waals surface area contributed by atoms with E-state index in [1.54, 1.807) is 35.6 Å². The summed E-state index contributed by atoms with van der Waals surface area (Å²) in [7, 11) is -3.63. The fourth-order valence-electron chi connectivity index (χ4n) is 2.60. The van der Waals surface area contributed by atoms with E-state index in [9.17, 15) is 13.2 Å². The Hall–Kier alpha value is -2.29. The highest BCUT2D eigenvalue weighted by atomic mass is 32.2. The van der Waals surface area contributed by atoms with Crippen molar-refractivity contribution in [3.8, 4) is 0 Å². The Morgan fingerprint density at radius 2 is 1.85 bits per heavy atom. The number of hydrogen-bond acceptors (Lipinski definition) is 5. The molecule has 0 aliphatic carbocycles. The summed E-state index contributed by atoms with van der Waals surface area (Å²) in [4.78, 5) is 16.7. The summed E-state index contributed by atoms with van der Waals surface area (Å²) in [5.41, 5.74) is 3.51. The first-order valence-electron chi connectivity index (χ1n) is 8.48. The van der Waals surface area contributed by atoms with Crippen molar-refractivity contribution < 1.29 is 13.2 Å². The van der Waals surface area contributed by atoms with E-state index < -0.39 is 10.0 Å². The third-order valence-corrected chi connectivity index (χ3v) is 6.60. The van der Waals surface area contributed by atoms with E-state index in [4.69, 9.17) is 0 Å². The normalized spacial score (nSPS) is 11.7. The average molecular weight is 404 g/mol. The zero-order valence-corrected chi connectivity index (χ0v) is 17.0. The molecule has 1 heterocycles. The van der Waals surface area contributed by atoms with Crippen LogP contribution in [0, 0.1) is 20.8 Å². The molecule has 142 valence electrons. The standard InChI is InChI=1S/C19H21N3O3S2/c1-12-4-6-16(10-13(12)2)27(24,25)20-9-8-19(23)22-15-5-7-17-18(11-15)26-14(3)21-17/h4-7,10-11,20H,8-9H2,1-3H3,(H,22,23). The van der Waals surface area contributed by atoms with Gasteiger partial charge in [-0.3, -0.25) is 4.79 Å². The molecule has 6 nitrogen and oxygen atoms in total. The van der Waals surface area contributed by atoms with Crippen molar-refractivity contribution in [2.24, 2.45) is 0 Å². The number of nitrogens with zero attached hydrogens (tertiary/aromatic N) is 1. The highest BCUT2D eigenvalue weighted by Gasteiger charge is 2.15. The molecule has 0 unspecified atom stereocenters. The molecule has 2 aromatic carbocycles. The summed E-state index contributed by atoms with van der Waals surface area (Å²) in [6, 6.07) is 10.5. The molecule has 0 aliphatic heterocycles. The number of hydrogen-bond donors (Lipinski definition) is 2. The molecule has 3 aromatic rings. The molecule has 1 aromatic heterocycles. The van der Waals surface area contributed by atoms with Gasteiger partial charge in [-0.05, 0) is 62.2 Å². The fraction of sp³-hybridized carbons (Fsp3) is 0.263. The molecule has 2 N–H and O–H groups in total. The monoisotopic (exact) mass is 403 g/mol. The van der Waals surface area contributed by atoms with Gasteiger partial charge in [-0.15, -0.1) is 11.3 Å². The minimum Gasteiger partial charge on any atom is -0.326 e. The van der Waals surface area contributed by atoms with Gasteiger partial charge in [0.2, 0.25) is 15.9 Å². The summed E-state index contributed by atoms with van der Waals surface area (Å²) in [5, 5.41) is 3.76. The second kappa shape index (κ2) is 7.75. The van der Waals surface area contributed by atoms with Gasteiger partial charge < -0.3 is 5.32 Å². The lowest BCUT2D eigenvalue weighted by Gasteiger charge is -2.09. The van der Waals surface area contributed by atoms with Gasteiger partial charge in [0, 0.05) is 18.7 Å². The van der Waals surface area contributed by atoms with Crippen molar-refractivity contribution in [2.45, 2.75) is 32.1 Å². The van der Waals surface area contributed by atoms with Crippen molar-refractivity contribution in [3.63, 3.8) is 0 Å². The molecule has 3 rings (SSSR count). The molecule has 8 heteroatoms. The van der Waals surface area contributed by atoms with Crippen molar-refractivity contribution in [2.75, 3.05) is 11.9 Å². The van der Waals surface area contributed by atoms with E-state index in [0.717, 1.165) is 26.4 Å². The lowest BCUT2D eigenvalue weighted by atomic mass is 10.1. The average Bonchev–Trinajstić information content (AvgIpc) is 2.96. The molecule has 27 heavy (non-hydrogen) atoms. The Labute approximate surface area is 162 Å². The SMILES string of the molecule is Cc1nc2ccc(NC(=O)CCNS(=O)(=O)c3ccc(C)c(C)c3)cc2s1. The number of aromatic nitrogens is 1. The number of fused-ring (bicyclic) bond motifs is 1. The Bertz CT molecular complexity index is 1100. The number of sulfonamides is 1. The molecule has 0 radical (unpaired) electrons. The number of amides is 1. The number of thiazole rings is 1. The van der Waals surface area contributed by atoms with Crippen LogP contribution < -0.4 is 10.0 Å². The van der Waals surface area contributed by atoms with Crippen molar-refractivity contribution in [1.29, 1.82) is 0 Å². The van der Waals surface area contributed by atoms with Crippen LogP contribution in [0.1, 0.15) is 22.6 Å². The van der Waals surface area contributed by atoms with E-state index in [-0.39, 0.29) is 23.8 Å². The summed E-state index contributed by atoms with van der Waals surface area (Å²) in [5.74, 6) is -0.252. The second-order valence-corrected chi connectivity index (χ2v) is 9.36. The topological polar surface area (TPSA) is 88.2 Å². The van der Waals surface area contributed by atoms with Crippen LogP contribution in [-0.4, -0.2) is 25.9 Å². The third kappa shape index (κ3) is 4.71. The Morgan fingerprint density at radius 1 is 1.07 bits per heavy atom. The number of carbonyl (C=O) groups is 1. The highest BCUT2D eigenvalue weighted by Crippen LogP contribution is 2.24. The van der Waals surface area contributed by atoms with Crippen LogP contribution in [0.5, 0.6) is 0 Å². The Kier molecular flexibility index (Phi) is 5.59. The number of anilines is 1. The van der Waals surface area contributed by atoms with Crippen LogP contribution in [0.3, 0.4) is 0 Å². The molecular weight excluding hydrogens is 382 g/mol. The minimum atomic E-state index is -3.63. The third-order valence-electron chi connectivity index (χ3n) is 4.21. The number of nitrogens with one attached hydrogen (secondary N) is 2. The van der Waals surface area contributed by atoms with Gasteiger partial charge in [-0.2, -0.15) is 0 Å². The first kappa shape index (κ1) is 19.5. The van der Waals surface area contributed by atoms with Crippen LogP contribution in [0.4, 0.5) is 5.69 Å². The van der Waals surface area contributed by atoms with E-state index in [1.165, 1.54) is 0 Å². The van der Waals surface area contributed by atoms with Crippen molar-refractivity contribution >= 4 is 43.2 Å². The van der Waals surface area contributed by atoms with Crippen LogP contribution >= 0.6 is 11.3 Å². The maximum Gasteiger partial charge on any atom is 0.240 e. The number of benzene rings is 2. The van der Waals surface area contributed by atoms with E-state index in [0.29, 0.717) is 5.69 Å². The number of carbonyl (C=O) groups excluding carboxylic acids is 1. The minimum absolute atomic E-state index is 0.0308. The molecule has 1 amide bonds. The molecular formula is C19H21N3O3S2. The summed E-state index contributed by atoms with van der Waals surface area (Å²) in [6.45, 7) is 5.76. The molecule has 0 fully saturated rings. The molecule has 0 spiro atoms. The van der Waals surface area contributed by atoms with Crippen molar-refractivity contribution in [1.82, 2.24) is 9.71 Å². The summed E-state index contributed by atoms with van der Waals surface area (Å²) >= 11 is 1.56. The van der Waals surface area contributed by atoms with Gasteiger partial charge in [-0.25, -0.2) is 18.1 Å². The van der Waals surface area contributed by atoms with E-state index >= 15 is 0 Å². The Morgan fingerprint density at radius 3 is 2.59 bits per heavy atom. The van der Waals surface area contributed by atoms with Gasteiger partial charge in [0.05, 0.1) is 20.1 Å². The van der Waals surface area contributed by atoms with Gasteiger partial charge in [-0.1, -0.05) is 6.07 Å². The molecule has 0 saturated heterocycles. The molecule has 0 aliphatic rings. The molecule has 0 bridgehead atoms. The summed E-state index contributed by atoms with van der Waals surface area (Å²) in [6.07, 6.45) is 0.0455. The lowest BCUT2D eigenvalue weighted by Crippen LogP contribution is -2.28. The molecule has 0 saturated carbocycles. The number of rotatable bonds is 6. The molecule has 0 atom stereocenters. The van der Waals surface area contributed by atoms with E-state index in [1.807, 2.05) is 32.9 Å². The fourth-order valence-corrected chi connectivity index (χ4v) is 4.59. The van der Waals surface area contributed by atoms with Gasteiger partial charge in [0.1, 0.15) is 0 Å². The van der Waals surface area contributed by atoms with E-state index in [2.05, 4.69) is 15.0 Å². The Balaban J connectivity index is 1.57. The lowest BCUT2D eigenvalue weighted by molar-refractivity contribution is -0.116. The van der Waals surface area contributed by atoms with Crippen LogP contribution in [0.25, 0.3) is 10.2 Å². The van der Waals surface area contributed by atoms with Crippen LogP contribution in [-0.2, 0) is 14.8 Å². The van der Waals surface area contributed by atoms with Gasteiger partial charge in [0.25, 0.3) is 0 Å². The van der Waals surface area contributed by atoms with Crippen molar-refractivity contribution in [3.05, 3.63) is 52.5 Å². The predicted octanol–water partition coefficient (Wildman–Crippen LogP) is 3.53. The van der Waals surface area contributed by atoms with Crippen LogP contribution in [0.2, 0.25) is 0 Å². The quantitative estimate of drug-likeness (QED) is 0.659. The van der Waals surface area contributed by atoms with Crippen LogP contribution in [0.15, 0.2) is 41.3 Å².